The maximum atomic E-state index is 10.7. The van der Waals surface area contributed by atoms with Crippen LogP contribution in [0.1, 0.15) is 303 Å². The van der Waals surface area contributed by atoms with E-state index in [4.69, 9.17) is 32.0 Å². The molecule has 7 aliphatic rings. The Morgan fingerprint density at radius 2 is 0.850 bits per heavy atom. The summed E-state index contributed by atoms with van der Waals surface area (Å²) >= 11 is 3.24. The molecular weight excluding hydrogens is 1420 g/mol. The molecule has 0 amide bonds. The third-order valence-electron chi connectivity index (χ3n) is 20.2. The van der Waals surface area contributed by atoms with Gasteiger partial charge in [-0.25, -0.2) is 0 Å². The van der Waals surface area contributed by atoms with Crippen molar-refractivity contribution in [1.82, 2.24) is 0 Å². The number of aliphatic hydroxyl groups excluding tert-OH is 3. The fourth-order valence-electron chi connectivity index (χ4n) is 13.8. The van der Waals surface area contributed by atoms with Gasteiger partial charge in [0, 0.05) is 59.8 Å². The van der Waals surface area contributed by atoms with E-state index in [0.717, 1.165) is 250 Å². The molecule has 10 N–H and O–H groups in total. The summed E-state index contributed by atoms with van der Waals surface area (Å²) in [6, 6.07) is 39.8. The van der Waals surface area contributed by atoms with E-state index in [9.17, 15) is 50.1 Å². The van der Waals surface area contributed by atoms with Gasteiger partial charge in [-0.1, -0.05) is 195 Å². The third kappa shape index (κ3) is 42.8. The molecule has 0 bridgehead atoms. The van der Waals surface area contributed by atoms with Gasteiger partial charge in [0.1, 0.15) is 30.1 Å². The fourth-order valence-corrected chi connectivity index (χ4v) is 14.2. The van der Waals surface area contributed by atoms with Crippen molar-refractivity contribution in [3.8, 4) is 30.3 Å². The molecule has 0 radical (unpaired) electrons. The molecule has 5 aromatic carbocycles. The molecule has 18 heteroatoms. The second-order valence-electron chi connectivity index (χ2n) is 29.1. The first kappa shape index (κ1) is 98.0. The summed E-state index contributed by atoms with van der Waals surface area (Å²) in [5, 5.41) is 87.1. The van der Waals surface area contributed by atoms with E-state index < -0.39 is 40.2 Å². The van der Waals surface area contributed by atoms with Crippen molar-refractivity contribution in [3.63, 3.8) is 0 Å². The number of carbonyl (C=O) groups is 3. The van der Waals surface area contributed by atoms with Crippen LogP contribution in [0.4, 0.5) is 0 Å². The maximum absolute atomic E-state index is 10.7. The topological polar surface area (TPSA) is 281 Å². The van der Waals surface area contributed by atoms with E-state index in [2.05, 4.69) is 39.8 Å². The van der Waals surface area contributed by atoms with Gasteiger partial charge in [0.25, 0.3) is 0 Å². The van der Waals surface area contributed by atoms with Gasteiger partial charge in [0.05, 0.1) is 41.5 Å². The van der Waals surface area contributed by atoms with Crippen molar-refractivity contribution in [1.29, 1.82) is 5.26 Å². The normalized spacial score (nSPS) is 18.4. The van der Waals surface area contributed by atoms with Crippen LogP contribution in [0, 0.1) is 35.5 Å². The van der Waals surface area contributed by atoms with Crippen molar-refractivity contribution in [2.24, 2.45) is 5.73 Å². The largest absolute Gasteiger partial charge is 1.00 e. The molecule has 12 rings (SSSR count). The first-order chi connectivity index (χ1) is 50.7. The Kier molecular flexibility index (Phi) is 52.2. The Morgan fingerprint density at radius 3 is 1.20 bits per heavy atom. The number of rotatable bonds is 17. The predicted molar refractivity (Wildman–Crippen MR) is 435 cm³/mol. The molecule has 15 nitrogen and oxygen atoms in total. The second kappa shape index (κ2) is 57.0. The predicted octanol–water partition coefficient (Wildman–Crippen LogP) is 12.7. The zero-order valence-corrected chi connectivity index (χ0v) is 65.5. The minimum absolute atomic E-state index is 0. The molecular formula is C89H129AlBrLiN2O13. The number of hydrogen-bond acceptors (Lipinski definition) is 15. The minimum atomic E-state index is -0.824. The van der Waals surface area contributed by atoms with Crippen LogP contribution in [-0.4, -0.2) is 145 Å². The van der Waals surface area contributed by atoms with Crippen LogP contribution >= 0.6 is 15.9 Å². The van der Waals surface area contributed by atoms with Crippen LogP contribution in [-0.2, 0) is 28.7 Å². The number of ether oxygens (including phenoxy) is 2. The van der Waals surface area contributed by atoms with Crippen molar-refractivity contribution < 1.29 is 85.0 Å². The third-order valence-corrected chi connectivity index (χ3v) is 20.7. The fraction of sp³-hybridized carbons (Fsp3) is 0.573. The maximum Gasteiger partial charge on any atom is 1.00 e. The van der Waals surface area contributed by atoms with Crippen LogP contribution in [0.2, 0.25) is 0 Å². The molecule has 107 heavy (non-hydrogen) atoms. The Morgan fingerprint density at radius 1 is 0.505 bits per heavy atom. The number of halogens is 1. The Labute approximate surface area is 674 Å². The van der Waals surface area contributed by atoms with Crippen LogP contribution in [0.5, 0.6) is 0 Å². The van der Waals surface area contributed by atoms with E-state index >= 15 is 0 Å². The zero-order chi connectivity index (χ0) is 76.3. The van der Waals surface area contributed by atoms with E-state index in [0.29, 0.717) is 24.1 Å². The summed E-state index contributed by atoms with van der Waals surface area (Å²) in [6.07, 6.45) is 43.1. The number of nitrogens with zero attached hydrogens (tertiary/aromatic N) is 1. The number of benzene rings is 5. The summed E-state index contributed by atoms with van der Waals surface area (Å²) < 4.78 is 10.8. The Balaban J connectivity index is 0.000000632. The number of nitrogens with two attached hydrogens (primary N) is 1. The van der Waals surface area contributed by atoms with Crippen molar-refractivity contribution in [2.45, 2.75) is 285 Å². The molecule has 2 aliphatic heterocycles. The van der Waals surface area contributed by atoms with Gasteiger partial charge in [-0.2, -0.15) is 5.26 Å². The molecule has 2 heterocycles. The summed E-state index contributed by atoms with van der Waals surface area (Å²) in [6.45, 7) is 6.42. The van der Waals surface area contributed by atoms with Crippen LogP contribution in [0.25, 0.3) is 0 Å². The molecule has 2 saturated heterocycles. The van der Waals surface area contributed by atoms with Gasteiger partial charge >= 0.3 is 18.9 Å². The molecule has 2 atom stereocenters. The van der Waals surface area contributed by atoms with Crippen molar-refractivity contribution in [2.75, 3.05) is 39.6 Å². The van der Waals surface area contributed by atoms with Crippen molar-refractivity contribution >= 4 is 52.1 Å². The van der Waals surface area contributed by atoms with Crippen LogP contribution in [0.3, 0.4) is 0 Å². The number of nitriles is 1. The molecule has 5 aliphatic carbocycles. The van der Waals surface area contributed by atoms with Gasteiger partial charge in [0.2, 0.25) is 0 Å². The molecule has 5 aromatic rings. The Bertz CT molecular complexity index is 3330. The molecule has 2 unspecified atom stereocenters. The van der Waals surface area contributed by atoms with Gasteiger partial charge in [0.15, 0.2) is 17.4 Å². The number of hydrogen-bond donors (Lipinski definition) is 9. The number of aryl methyl sites for hydroxylation is 3. The first-order valence-electron chi connectivity index (χ1n) is 39.0. The minimum Gasteiger partial charge on any atom is -1.00 e. The zero-order valence-electron chi connectivity index (χ0n) is 64.9. The second-order valence-corrected chi connectivity index (χ2v) is 30.0. The van der Waals surface area contributed by atoms with Crippen LogP contribution < -0.4 is 24.6 Å². The number of carbonyl (C=O) groups excluding carboxylic acids is 3. The standard InChI is InChI=1S/C17H27NO2.C17H23NO2.C15H20O2.C15H16O2.C8H12O.C7H5BrO.2C4H8O.C2H6O.Al.Li.4H/c2*18-12-8-16(19)15-6-4-5-14(13-15)7-11-17(20)9-2-1-3-10-17;2*16-12-14-6-4-5-13(11-14)7-10-15(17)8-2-1-3-9-15;1-2-8(9)6-4-3-5-7-8;8-7-3-1-2-6(4-7)5-9;2*1-2-4-5-3-1;1-2-3;;;;;;/h4-6,13,16,19-20H,1-3,7-12,18H2;4-6,13,16,19-20H,1-3,7-11H2;4-6,11-12,17H,1-3,7-10H2;4-6,11-12,17H,1-3,8-9H2;1,9H,3-7H2;1-5H;2*1-4H2;3H,2H2,1H3;;;;;;/q;;;;;;;;;;+1;;;;-1. The van der Waals surface area contributed by atoms with E-state index in [1.165, 1.54) is 63.4 Å². The van der Waals surface area contributed by atoms with E-state index in [-0.39, 0.29) is 50.7 Å². The summed E-state index contributed by atoms with van der Waals surface area (Å²) in [5.74, 6) is 8.36. The molecule has 584 valence electrons. The van der Waals surface area contributed by atoms with E-state index in [1.54, 1.807) is 37.3 Å². The average Bonchev–Trinajstić information content (AvgIpc) is 1.08. The van der Waals surface area contributed by atoms with Gasteiger partial charge in [-0.15, -0.1) is 6.42 Å². The summed E-state index contributed by atoms with van der Waals surface area (Å²) in [4.78, 5) is 31.4. The van der Waals surface area contributed by atoms with Gasteiger partial charge < -0.3 is 57.5 Å². The smallest absolute Gasteiger partial charge is 1.00 e. The van der Waals surface area contributed by atoms with Crippen molar-refractivity contribution in [3.05, 3.63) is 176 Å². The van der Waals surface area contributed by atoms with E-state index in [1.807, 2.05) is 91.0 Å². The summed E-state index contributed by atoms with van der Waals surface area (Å²) in [7, 11) is 0. The summed E-state index contributed by atoms with van der Waals surface area (Å²) in [5.41, 5.74) is 10.5. The SMILES string of the molecule is C#CC1(O)CCCCC1.C1CCOC1.C1CCOC1.CCO.N#CCC(O)c1cccc(CCC2(O)CCCCC2)c1.NCCC(O)c1cccc(CCC2(O)CCCCC2)c1.O=Cc1cccc(Br)c1.O=Cc1cccc(C#CC2(O)CCCCC2)c1.O=Cc1cccc(CCC2(O)CCCCC2)c1.[AlH3].[H-].[Li+]. The van der Waals surface area contributed by atoms with Gasteiger partial charge in [-0.3, -0.25) is 14.4 Å². The Hall–Kier alpha value is -5.11. The number of aldehydes is 3. The average molecular weight is 1550 g/mol. The number of aliphatic hydroxyl groups is 8. The first-order valence-corrected chi connectivity index (χ1v) is 39.8. The molecule has 5 saturated carbocycles. The quantitative estimate of drug-likeness (QED) is 0.0238. The number of terminal acetylenes is 1. The molecule has 0 aromatic heterocycles. The van der Waals surface area contributed by atoms with Crippen LogP contribution in [0.15, 0.2) is 126 Å². The monoisotopic (exact) mass is 1550 g/mol. The van der Waals surface area contributed by atoms with Gasteiger partial charge in [-0.05, 0) is 232 Å². The molecule has 0 spiro atoms. The molecule has 7 fully saturated rings.